The number of rotatable bonds is 6. The number of hydrogen-bond donors (Lipinski definition) is 1. The lowest BCUT2D eigenvalue weighted by Crippen LogP contribution is -2.48. The van der Waals surface area contributed by atoms with Gasteiger partial charge in [-0.2, -0.15) is 0 Å². The molecular formula is C18H22N2O6. The highest BCUT2D eigenvalue weighted by molar-refractivity contribution is 5.95. The van der Waals surface area contributed by atoms with Gasteiger partial charge in [0.25, 0.3) is 0 Å². The van der Waals surface area contributed by atoms with Crippen LogP contribution in [0.25, 0.3) is 0 Å². The minimum Gasteiger partial charge on any atom is -0.466 e. The molecule has 0 saturated heterocycles. The second-order valence-corrected chi connectivity index (χ2v) is 5.63. The molecule has 1 aromatic carbocycles. The zero-order chi connectivity index (χ0) is 19.3. The van der Waals surface area contributed by atoms with Gasteiger partial charge in [0, 0.05) is 12.8 Å². The maximum absolute atomic E-state index is 12.5. The molecule has 1 atom stereocenters. The van der Waals surface area contributed by atoms with Crippen molar-refractivity contribution in [2.45, 2.75) is 13.0 Å². The van der Waals surface area contributed by atoms with E-state index in [-0.39, 0.29) is 6.03 Å². The number of ether oxygens (including phenoxy) is 3. The Labute approximate surface area is 151 Å². The van der Waals surface area contributed by atoms with E-state index in [2.05, 4.69) is 10.1 Å². The molecule has 0 bridgehead atoms. The van der Waals surface area contributed by atoms with Crippen LogP contribution in [0.4, 0.5) is 4.79 Å². The van der Waals surface area contributed by atoms with E-state index in [1.54, 1.807) is 31.2 Å². The molecule has 1 aliphatic rings. The summed E-state index contributed by atoms with van der Waals surface area (Å²) < 4.78 is 14.6. The first-order valence-corrected chi connectivity index (χ1v) is 7.98. The SMILES string of the molecule is COCCN1C(=O)NC(c2ccc(C(=O)OC)cc2)C(C(=O)OC)=C1C. The zero-order valence-corrected chi connectivity index (χ0v) is 15.2. The van der Waals surface area contributed by atoms with E-state index in [4.69, 9.17) is 9.47 Å². The van der Waals surface area contributed by atoms with Gasteiger partial charge in [-0.05, 0) is 24.6 Å². The number of methoxy groups -OCH3 is 3. The topological polar surface area (TPSA) is 94.2 Å². The molecule has 1 N–H and O–H groups in total. The quantitative estimate of drug-likeness (QED) is 0.773. The highest BCUT2D eigenvalue weighted by Gasteiger charge is 2.36. The largest absolute Gasteiger partial charge is 0.466 e. The third-order valence-electron chi connectivity index (χ3n) is 4.19. The third kappa shape index (κ3) is 3.85. The number of nitrogens with one attached hydrogen (secondary N) is 1. The lowest BCUT2D eigenvalue weighted by molar-refractivity contribution is -0.136. The summed E-state index contributed by atoms with van der Waals surface area (Å²) in [6, 6.07) is 5.47. The molecule has 2 rings (SSSR count). The van der Waals surface area contributed by atoms with Crippen LogP contribution in [0.15, 0.2) is 35.5 Å². The van der Waals surface area contributed by atoms with Crippen molar-refractivity contribution in [1.29, 1.82) is 0 Å². The molecule has 2 amide bonds. The highest BCUT2D eigenvalue weighted by Crippen LogP contribution is 2.31. The van der Waals surface area contributed by atoms with Crippen molar-refractivity contribution in [3.63, 3.8) is 0 Å². The Hall–Kier alpha value is -2.87. The fourth-order valence-electron chi connectivity index (χ4n) is 2.79. The molecule has 1 aromatic rings. The summed E-state index contributed by atoms with van der Waals surface area (Å²) in [4.78, 5) is 37.8. The van der Waals surface area contributed by atoms with Crippen molar-refractivity contribution in [1.82, 2.24) is 10.2 Å². The predicted molar refractivity (Wildman–Crippen MR) is 92.4 cm³/mol. The third-order valence-corrected chi connectivity index (χ3v) is 4.19. The summed E-state index contributed by atoms with van der Waals surface area (Å²) in [7, 11) is 4.12. The van der Waals surface area contributed by atoms with E-state index in [0.717, 1.165) is 0 Å². The van der Waals surface area contributed by atoms with Crippen LogP contribution >= 0.6 is 0 Å². The summed E-state index contributed by atoms with van der Waals surface area (Å²) in [6.45, 7) is 2.33. The van der Waals surface area contributed by atoms with Crippen LogP contribution in [0.1, 0.15) is 28.9 Å². The number of hydrogen-bond acceptors (Lipinski definition) is 6. The Morgan fingerprint density at radius 2 is 1.69 bits per heavy atom. The monoisotopic (exact) mass is 362 g/mol. The number of benzene rings is 1. The van der Waals surface area contributed by atoms with Crippen molar-refractivity contribution in [2.24, 2.45) is 0 Å². The first-order valence-electron chi connectivity index (χ1n) is 7.98. The van der Waals surface area contributed by atoms with Crippen molar-refractivity contribution in [3.05, 3.63) is 46.7 Å². The second kappa shape index (κ2) is 8.48. The van der Waals surface area contributed by atoms with E-state index in [9.17, 15) is 14.4 Å². The summed E-state index contributed by atoms with van der Waals surface area (Å²) in [5.41, 5.74) is 1.85. The summed E-state index contributed by atoms with van der Waals surface area (Å²) in [5, 5.41) is 2.81. The number of nitrogens with zero attached hydrogens (tertiary/aromatic N) is 1. The summed E-state index contributed by atoms with van der Waals surface area (Å²) >= 11 is 0. The summed E-state index contributed by atoms with van der Waals surface area (Å²) in [6.07, 6.45) is 0. The fraction of sp³-hybridized carbons (Fsp3) is 0.389. The molecule has 0 radical (unpaired) electrons. The van der Waals surface area contributed by atoms with E-state index < -0.39 is 18.0 Å². The molecule has 0 fully saturated rings. The van der Waals surface area contributed by atoms with Gasteiger partial charge in [-0.1, -0.05) is 12.1 Å². The second-order valence-electron chi connectivity index (χ2n) is 5.63. The number of esters is 2. The average Bonchev–Trinajstić information content (AvgIpc) is 2.66. The molecule has 0 saturated carbocycles. The maximum atomic E-state index is 12.5. The van der Waals surface area contributed by atoms with Gasteiger partial charge in [0.2, 0.25) is 0 Å². The van der Waals surface area contributed by atoms with Crippen LogP contribution in [0, 0.1) is 0 Å². The fourth-order valence-corrected chi connectivity index (χ4v) is 2.79. The lowest BCUT2D eigenvalue weighted by Gasteiger charge is -2.35. The number of urea groups is 1. The van der Waals surface area contributed by atoms with Crippen molar-refractivity contribution in [3.8, 4) is 0 Å². The van der Waals surface area contributed by atoms with Gasteiger partial charge in [0.05, 0.1) is 44.5 Å². The molecule has 1 heterocycles. The van der Waals surface area contributed by atoms with Gasteiger partial charge >= 0.3 is 18.0 Å². The van der Waals surface area contributed by atoms with Crippen LogP contribution in [0.5, 0.6) is 0 Å². The Balaban J connectivity index is 2.43. The van der Waals surface area contributed by atoms with Gasteiger partial charge in [0.15, 0.2) is 0 Å². The Kier molecular flexibility index (Phi) is 6.35. The zero-order valence-electron chi connectivity index (χ0n) is 15.2. The average molecular weight is 362 g/mol. The molecule has 8 nitrogen and oxygen atoms in total. The minimum absolute atomic E-state index is 0.308. The van der Waals surface area contributed by atoms with Crippen LogP contribution in [-0.4, -0.2) is 57.4 Å². The molecule has 0 aliphatic carbocycles. The van der Waals surface area contributed by atoms with E-state index in [0.29, 0.717) is 35.5 Å². The molecule has 8 heteroatoms. The maximum Gasteiger partial charge on any atom is 0.337 e. The Morgan fingerprint density at radius 1 is 1.08 bits per heavy atom. The smallest absolute Gasteiger partial charge is 0.337 e. The van der Waals surface area contributed by atoms with E-state index in [1.807, 2.05) is 0 Å². The standard InChI is InChI=1S/C18H22N2O6/c1-11-14(17(22)26-4)15(19-18(23)20(11)9-10-24-2)12-5-7-13(8-6-12)16(21)25-3/h5-8,15H,9-10H2,1-4H3,(H,19,23). The van der Waals surface area contributed by atoms with Crippen molar-refractivity contribution >= 4 is 18.0 Å². The first kappa shape index (κ1) is 19.5. The Morgan fingerprint density at radius 3 is 2.23 bits per heavy atom. The number of amides is 2. The van der Waals surface area contributed by atoms with Crippen molar-refractivity contribution in [2.75, 3.05) is 34.5 Å². The molecule has 1 aliphatic heterocycles. The molecular weight excluding hydrogens is 340 g/mol. The van der Waals surface area contributed by atoms with Gasteiger partial charge in [-0.25, -0.2) is 14.4 Å². The minimum atomic E-state index is -0.680. The lowest BCUT2D eigenvalue weighted by atomic mass is 9.94. The van der Waals surface area contributed by atoms with E-state index >= 15 is 0 Å². The van der Waals surface area contributed by atoms with Crippen LogP contribution in [0.3, 0.4) is 0 Å². The summed E-state index contributed by atoms with van der Waals surface area (Å²) in [5.74, 6) is -0.998. The van der Waals surface area contributed by atoms with Crippen LogP contribution < -0.4 is 5.32 Å². The number of allylic oxidation sites excluding steroid dienone is 1. The van der Waals surface area contributed by atoms with E-state index in [1.165, 1.54) is 26.2 Å². The molecule has 0 spiro atoms. The van der Waals surface area contributed by atoms with Gasteiger partial charge in [-0.15, -0.1) is 0 Å². The molecule has 0 aromatic heterocycles. The van der Waals surface area contributed by atoms with Gasteiger partial charge in [0.1, 0.15) is 0 Å². The molecule has 140 valence electrons. The highest BCUT2D eigenvalue weighted by atomic mass is 16.5. The van der Waals surface area contributed by atoms with Crippen LogP contribution in [0.2, 0.25) is 0 Å². The van der Waals surface area contributed by atoms with Crippen LogP contribution in [-0.2, 0) is 19.0 Å². The molecule has 26 heavy (non-hydrogen) atoms. The predicted octanol–water partition coefficient (Wildman–Crippen LogP) is 1.63. The normalized spacial score (nSPS) is 17.0. The molecule has 1 unspecified atom stereocenters. The van der Waals surface area contributed by atoms with Gasteiger partial charge in [-0.3, -0.25) is 4.90 Å². The first-order chi connectivity index (χ1) is 12.4. The van der Waals surface area contributed by atoms with Crippen molar-refractivity contribution < 1.29 is 28.6 Å². The number of carbonyl (C=O) groups is 3. The number of carbonyl (C=O) groups excluding carboxylic acids is 3. The Bertz CT molecular complexity index is 726. The van der Waals surface area contributed by atoms with Gasteiger partial charge < -0.3 is 19.5 Å².